The SMILES string of the molecule is CC[CH2][Hf]([CH3])([CH3])([CH3])(=[SiH2])([CH]1C=Cc2c(-c3ccc(C(C)(C)C)cc3C)cccc21)[CH]1C=Cc2c(-c3ccc(C(C)(C)C)cc3C)cccc21. The first-order valence-electron chi connectivity index (χ1n) is 18.4. The van der Waals surface area contributed by atoms with Gasteiger partial charge in [0.15, 0.2) is 0 Å². The maximum absolute atomic E-state index is 4.94. The van der Waals surface area contributed by atoms with Gasteiger partial charge in [0.2, 0.25) is 0 Å². The summed E-state index contributed by atoms with van der Waals surface area (Å²) in [7, 11) is 0. The standard InChI is InChI=1S/2C20H21.C3H7.3CH3.Hf.H2Si/c2*1-14-13-16(20(2,3)4)11-12-17(14)19-10-6-8-15-7-5-9-18(15)19;1-3-2;;;;;/h2*5-13H,1-4H3;1,3H2,2H3;3*1H3;;1H2. The van der Waals surface area contributed by atoms with Crippen molar-refractivity contribution in [3.05, 3.63) is 129 Å². The number of benzene rings is 4. The van der Waals surface area contributed by atoms with E-state index in [9.17, 15) is 0 Å². The summed E-state index contributed by atoms with van der Waals surface area (Å²) in [4.78, 5) is 0. The van der Waals surface area contributed by atoms with Crippen LogP contribution in [0.3, 0.4) is 0 Å². The van der Waals surface area contributed by atoms with E-state index in [1.807, 2.05) is 0 Å². The molecule has 0 saturated heterocycles. The van der Waals surface area contributed by atoms with Crippen molar-refractivity contribution < 1.29 is 14.2 Å². The van der Waals surface area contributed by atoms with Crippen molar-refractivity contribution in [3.8, 4) is 22.3 Å². The Bertz CT molecular complexity index is 2030. The monoisotopic (exact) mass is 820 g/mol. The molecule has 0 fully saturated rings. The van der Waals surface area contributed by atoms with Crippen LogP contribution in [0.4, 0.5) is 0 Å². The van der Waals surface area contributed by atoms with Crippen molar-refractivity contribution >= 4 is 19.1 Å². The summed E-state index contributed by atoms with van der Waals surface area (Å²) >= 11 is -4.94. The second-order valence-corrected chi connectivity index (χ2v) is 103. The van der Waals surface area contributed by atoms with E-state index in [0.29, 0.717) is 7.35 Å². The normalized spacial score (nSPS) is 19.7. The Hall–Kier alpha value is -2.55. The van der Waals surface area contributed by atoms with Crippen LogP contribution in [0.2, 0.25) is 18.2 Å². The minimum atomic E-state index is -4.94. The topological polar surface area (TPSA) is 0 Å². The van der Waals surface area contributed by atoms with Gasteiger partial charge >= 0.3 is 290 Å². The van der Waals surface area contributed by atoms with Crippen LogP contribution in [-0.4, -0.2) is 6.94 Å². The first-order chi connectivity index (χ1) is 22.0. The van der Waals surface area contributed by atoms with Gasteiger partial charge in [-0.15, -0.1) is 0 Å². The molecule has 0 amide bonds. The zero-order valence-electron chi connectivity index (χ0n) is 32.0. The van der Waals surface area contributed by atoms with Gasteiger partial charge < -0.3 is 0 Å². The Morgan fingerprint density at radius 2 is 0.979 bits per heavy atom. The van der Waals surface area contributed by atoms with Gasteiger partial charge in [-0.05, 0) is 0 Å². The molecule has 0 radical (unpaired) electrons. The molecule has 2 aliphatic rings. The number of fused-ring (bicyclic) bond motifs is 2. The Morgan fingerprint density at radius 3 is 1.31 bits per heavy atom. The predicted octanol–water partition coefficient (Wildman–Crippen LogP) is 13.4. The minimum absolute atomic E-state index is 0.140. The van der Waals surface area contributed by atoms with Crippen LogP contribution in [0.25, 0.3) is 34.4 Å². The summed E-state index contributed by atoms with van der Waals surface area (Å²) in [5, 5.41) is 0. The number of allylic oxidation sites excluding steroid dienone is 2. The average Bonchev–Trinajstić information content (AvgIpc) is 3.63. The molecule has 0 saturated carbocycles. The van der Waals surface area contributed by atoms with Crippen LogP contribution in [0.1, 0.15) is 107 Å². The number of hydrogen-bond donors (Lipinski definition) is 0. The summed E-state index contributed by atoms with van der Waals surface area (Å²) < 4.78 is 10.6. The molecular formula is C46H60HfSi. The van der Waals surface area contributed by atoms with E-state index in [0.717, 1.165) is 0 Å². The third-order valence-electron chi connectivity index (χ3n) is 13.2. The molecule has 0 aromatic heterocycles. The van der Waals surface area contributed by atoms with Gasteiger partial charge in [-0.3, -0.25) is 0 Å². The maximum atomic E-state index is 2.83. The van der Waals surface area contributed by atoms with Crippen molar-refractivity contribution in [1.29, 1.82) is 0 Å². The van der Waals surface area contributed by atoms with Crippen LogP contribution in [0.15, 0.2) is 84.9 Å². The van der Waals surface area contributed by atoms with E-state index in [4.69, 9.17) is 0 Å². The van der Waals surface area contributed by atoms with E-state index in [1.165, 1.54) is 66.2 Å². The molecule has 0 heterocycles. The first-order valence-corrected chi connectivity index (χ1v) is 44.2. The molecule has 0 aliphatic heterocycles. The Morgan fingerprint density at radius 1 is 0.583 bits per heavy atom. The molecule has 0 spiro atoms. The molecule has 0 bridgehead atoms. The fourth-order valence-electron chi connectivity index (χ4n) is 10.2. The molecule has 6 rings (SSSR count). The molecule has 48 heavy (non-hydrogen) atoms. The predicted molar refractivity (Wildman–Crippen MR) is 215 cm³/mol. The molecule has 2 aliphatic carbocycles. The molecule has 4 aromatic rings. The average molecular weight is 820 g/mol. The zero-order valence-corrected chi connectivity index (χ0v) is 37.0. The van der Waals surface area contributed by atoms with Crippen molar-refractivity contribution in [3.63, 3.8) is 0 Å². The second-order valence-electron chi connectivity index (χ2n) is 21.2. The fraction of sp³-hybridized carbons (Fsp3) is 0.391. The van der Waals surface area contributed by atoms with Crippen LogP contribution in [0, 0.1) is 13.8 Å². The number of hydrogen-bond acceptors (Lipinski definition) is 0. The van der Waals surface area contributed by atoms with Crippen LogP contribution in [-0.2, 0) is 25.0 Å². The van der Waals surface area contributed by atoms with Crippen molar-refractivity contribution in [2.75, 3.05) is 0 Å². The van der Waals surface area contributed by atoms with Gasteiger partial charge in [-0.1, -0.05) is 0 Å². The Kier molecular flexibility index (Phi) is 7.54. The van der Waals surface area contributed by atoms with Gasteiger partial charge in [-0.25, -0.2) is 0 Å². The summed E-state index contributed by atoms with van der Waals surface area (Å²) in [5.41, 5.74) is 17.2. The quantitative estimate of drug-likeness (QED) is 0.170. The molecule has 2 unspecified atom stereocenters. The second kappa shape index (κ2) is 10.3. The molecule has 252 valence electrons. The van der Waals surface area contributed by atoms with E-state index in [1.54, 1.807) is 11.1 Å². The van der Waals surface area contributed by atoms with Crippen molar-refractivity contribution in [2.24, 2.45) is 0 Å². The Balaban J connectivity index is 1.51. The van der Waals surface area contributed by atoms with Gasteiger partial charge in [0.1, 0.15) is 0 Å². The van der Waals surface area contributed by atoms with E-state index >= 15 is 0 Å². The molecule has 2 atom stereocenters. The number of rotatable bonds is 6. The third-order valence-corrected chi connectivity index (χ3v) is 59.7. The summed E-state index contributed by atoms with van der Waals surface area (Å²) in [6, 6.07) is 28.6. The molecule has 4 aromatic carbocycles. The molecule has 0 N–H and O–H groups in total. The summed E-state index contributed by atoms with van der Waals surface area (Å²) in [6.45, 7) is 23.3. The van der Waals surface area contributed by atoms with Crippen LogP contribution in [0.5, 0.6) is 0 Å². The van der Waals surface area contributed by atoms with Crippen molar-refractivity contribution in [2.45, 2.75) is 105 Å². The summed E-state index contributed by atoms with van der Waals surface area (Å²) in [5.74, 6) is 0. The third kappa shape index (κ3) is 5.40. The van der Waals surface area contributed by atoms with Crippen LogP contribution < -0.4 is 0 Å². The molecular weight excluding hydrogens is 759 g/mol. The van der Waals surface area contributed by atoms with Crippen LogP contribution >= 0.6 is 0 Å². The van der Waals surface area contributed by atoms with E-state index in [2.05, 4.69) is 180 Å². The first kappa shape index (κ1) is 35.3. The van der Waals surface area contributed by atoms with Gasteiger partial charge in [0.25, 0.3) is 0 Å². The van der Waals surface area contributed by atoms with Gasteiger partial charge in [0.05, 0.1) is 0 Å². The van der Waals surface area contributed by atoms with Crippen molar-refractivity contribution in [1.82, 2.24) is 0 Å². The van der Waals surface area contributed by atoms with E-state index in [-0.39, 0.29) is 10.8 Å². The molecule has 0 nitrogen and oxygen atoms in total. The number of aryl methyl sites for hydroxylation is 2. The fourth-order valence-corrected chi connectivity index (χ4v) is 51.9. The molecule has 2 heteroatoms. The van der Waals surface area contributed by atoms with E-state index < -0.39 is 14.2 Å². The zero-order chi connectivity index (χ0) is 35.2. The summed E-state index contributed by atoms with van der Waals surface area (Å²) in [6.07, 6.45) is 11.5. The Labute approximate surface area is 288 Å². The van der Waals surface area contributed by atoms with Gasteiger partial charge in [0, 0.05) is 0 Å². The van der Waals surface area contributed by atoms with Gasteiger partial charge in [-0.2, -0.15) is 0 Å².